The zero-order chi connectivity index (χ0) is 24.0. The number of hydrogen-bond donors (Lipinski definition) is 0. The number of rotatable bonds is 4. The summed E-state index contributed by atoms with van der Waals surface area (Å²) < 4.78 is 47.1. The molecule has 2 amide bonds. The molecule has 0 aromatic heterocycles. The molecule has 3 aromatic carbocycles. The molecule has 1 fully saturated rings. The van der Waals surface area contributed by atoms with Crippen molar-refractivity contribution in [3.8, 4) is 5.75 Å². The van der Waals surface area contributed by atoms with Crippen molar-refractivity contribution in [2.45, 2.75) is 11.4 Å². The Morgan fingerprint density at radius 2 is 1.82 bits per heavy atom. The van der Waals surface area contributed by atoms with Crippen molar-refractivity contribution in [2.75, 3.05) is 24.3 Å². The van der Waals surface area contributed by atoms with Gasteiger partial charge < -0.3 is 14.5 Å². The van der Waals surface area contributed by atoms with Crippen molar-refractivity contribution in [1.29, 1.82) is 0 Å². The van der Waals surface area contributed by atoms with E-state index in [1.807, 2.05) is 0 Å². The molecule has 0 saturated carbocycles. The highest BCUT2D eigenvalue weighted by Gasteiger charge is 2.59. The Bertz CT molecular complexity index is 1320. The molecule has 1 atom stereocenters. The fraction of sp³-hybridized carbons (Fsp3) is 0.200. The van der Waals surface area contributed by atoms with Gasteiger partial charge in [0.1, 0.15) is 11.6 Å². The first-order valence-corrected chi connectivity index (χ1v) is 11.5. The van der Waals surface area contributed by atoms with E-state index in [0.29, 0.717) is 28.3 Å². The van der Waals surface area contributed by atoms with Crippen molar-refractivity contribution in [3.05, 3.63) is 94.8 Å². The molecule has 9 heteroatoms. The first kappa shape index (κ1) is 22.3. The third-order valence-corrected chi connectivity index (χ3v) is 7.49. The van der Waals surface area contributed by atoms with E-state index < -0.39 is 34.1 Å². The second-order valence-corrected chi connectivity index (χ2v) is 9.24. The van der Waals surface area contributed by atoms with Gasteiger partial charge in [0.15, 0.2) is 16.5 Å². The van der Waals surface area contributed by atoms with Crippen LogP contribution >= 0.6 is 11.8 Å². The molecule has 1 spiro atoms. The molecular weight excluding hydrogens is 465 g/mol. The van der Waals surface area contributed by atoms with Gasteiger partial charge in [-0.05, 0) is 48.0 Å². The van der Waals surface area contributed by atoms with Crippen LogP contribution in [0.1, 0.15) is 21.5 Å². The minimum atomic E-state index is -1.43. The minimum absolute atomic E-state index is 0.0284. The summed E-state index contributed by atoms with van der Waals surface area (Å²) in [5, 5.41) is 0. The lowest BCUT2D eigenvalue weighted by atomic mass is 10.0. The first-order valence-electron chi connectivity index (χ1n) is 10.5. The molecule has 0 radical (unpaired) electrons. The lowest BCUT2D eigenvalue weighted by Gasteiger charge is -2.33. The summed E-state index contributed by atoms with van der Waals surface area (Å²) >= 11 is 1.28. The summed E-state index contributed by atoms with van der Waals surface area (Å²) in [6.45, 7) is 0.207. The number of anilines is 1. The highest BCUT2D eigenvalue weighted by atomic mass is 32.2. The Hall–Kier alpha value is -3.46. The fourth-order valence-electron chi connectivity index (χ4n) is 4.48. The number of nitrogens with zero attached hydrogens (tertiary/aromatic N) is 2. The second-order valence-electron chi connectivity index (χ2n) is 7.95. The van der Waals surface area contributed by atoms with Crippen LogP contribution in [0.15, 0.2) is 60.7 Å². The molecular formula is C25H19F3N2O3S. The van der Waals surface area contributed by atoms with E-state index in [0.717, 1.165) is 12.1 Å². The van der Waals surface area contributed by atoms with Gasteiger partial charge in [-0.1, -0.05) is 18.2 Å². The Kier molecular flexibility index (Phi) is 5.51. The smallest absolute Gasteiger partial charge is 0.268 e. The maximum absolute atomic E-state index is 14.5. The summed E-state index contributed by atoms with van der Waals surface area (Å²) in [6.07, 6.45) is 0. The topological polar surface area (TPSA) is 49.9 Å². The molecule has 3 aromatic rings. The van der Waals surface area contributed by atoms with Crippen molar-refractivity contribution < 1.29 is 27.5 Å². The van der Waals surface area contributed by atoms with Crippen molar-refractivity contribution in [3.63, 3.8) is 0 Å². The van der Waals surface area contributed by atoms with E-state index in [1.165, 1.54) is 52.9 Å². The van der Waals surface area contributed by atoms with Crippen LogP contribution in [0.25, 0.3) is 0 Å². The van der Waals surface area contributed by atoms with Gasteiger partial charge in [-0.25, -0.2) is 13.2 Å². The molecule has 0 N–H and O–H groups in total. The van der Waals surface area contributed by atoms with E-state index in [2.05, 4.69) is 0 Å². The van der Waals surface area contributed by atoms with Crippen LogP contribution in [0, 0.1) is 17.5 Å². The molecule has 34 heavy (non-hydrogen) atoms. The number of thioether (sulfide) groups is 1. The predicted octanol–water partition coefficient (Wildman–Crippen LogP) is 4.70. The van der Waals surface area contributed by atoms with Gasteiger partial charge in [-0.2, -0.15) is 0 Å². The van der Waals surface area contributed by atoms with Crippen LogP contribution in [0.4, 0.5) is 18.9 Å². The number of benzene rings is 3. The van der Waals surface area contributed by atoms with Crippen molar-refractivity contribution in [1.82, 2.24) is 4.90 Å². The number of methoxy groups -OCH3 is 1. The highest BCUT2D eigenvalue weighted by molar-refractivity contribution is 8.01. The summed E-state index contributed by atoms with van der Waals surface area (Å²) in [5.41, 5.74) is 1.32. The van der Waals surface area contributed by atoms with Crippen LogP contribution < -0.4 is 9.64 Å². The van der Waals surface area contributed by atoms with Crippen LogP contribution in [0.3, 0.4) is 0 Å². The quantitative estimate of drug-likeness (QED) is 0.539. The van der Waals surface area contributed by atoms with Gasteiger partial charge in [0.25, 0.3) is 11.8 Å². The molecule has 2 heterocycles. The minimum Gasteiger partial charge on any atom is -0.497 e. The van der Waals surface area contributed by atoms with Crippen molar-refractivity contribution in [2.24, 2.45) is 0 Å². The van der Waals surface area contributed by atoms with Crippen LogP contribution in [0.5, 0.6) is 5.75 Å². The van der Waals surface area contributed by atoms with Gasteiger partial charge in [0, 0.05) is 17.9 Å². The van der Waals surface area contributed by atoms with Crippen LogP contribution in [-0.4, -0.2) is 36.1 Å². The number of ether oxygens (including phenoxy) is 1. The normalized spacial score (nSPS) is 19.1. The maximum atomic E-state index is 14.5. The third kappa shape index (κ3) is 3.34. The number of carbonyl (C=O) groups excluding carboxylic acids is 2. The molecule has 1 saturated heterocycles. The zero-order valence-corrected chi connectivity index (χ0v) is 18.9. The Balaban J connectivity index is 1.62. The number of amides is 2. The van der Waals surface area contributed by atoms with Gasteiger partial charge in [-0.15, -0.1) is 11.8 Å². The second kappa shape index (κ2) is 8.39. The molecule has 2 aliphatic heterocycles. The Morgan fingerprint density at radius 1 is 1.03 bits per heavy atom. The van der Waals surface area contributed by atoms with Crippen LogP contribution in [0.2, 0.25) is 0 Å². The van der Waals surface area contributed by atoms with Gasteiger partial charge in [0.2, 0.25) is 0 Å². The molecule has 174 valence electrons. The molecule has 5 nitrogen and oxygen atoms in total. The third-order valence-electron chi connectivity index (χ3n) is 6.07. The predicted molar refractivity (Wildman–Crippen MR) is 122 cm³/mol. The van der Waals surface area contributed by atoms with E-state index in [4.69, 9.17) is 4.74 Å². The number of hydrogen-bond acceptors (Lipinski definition) is 4. The Labute approximate surface area is 198 Å². The van der Waals surface area contributed by atoms with E-state index >= 15 is 0 Å². The van der Waals surface area contributed by atoms with E-state index in [-0.39, 0.29) is 18.7 Å². The SMILES string of the molecule is COc1ccc2c(c1)[C@@]1(SCCN1C(=O)c1ccccc1F)C(=O)N2Cc1ccc(F)c(F)c1. The average Bonchev–Trinajstić information content (AvgIpc) is 3.38. The summed E-state index contributed by atoms with van der Waals surface area (Å²) in [5.74, 6) is -2.72. The zero-order valence-electron chi connectivity index (χ0n) is 18.1. The summed E-state index contributed by atoms with van der Waals surface area (Å²) in [7, 11) is 1.49. The lowest BCUT2D eigenvalue weighted by molar-refractivity contribution is -0.123. The number of fused-ring (bicyclic) bond motifs is 2. The monoisotopic (exact) mass is 484 g/mol. The largest absolute Gasteiger partial charge is 0.497 e. The standard InChI is InChI=1S/C25H19F3N2O3S/c1-33-16-7-9-22-18(13-16)25(24(32)29(22)14-15-6-8-20(27)21(28)12-15)30(10-11-34-25)23(31)17-4-2-3-5-19(17)26/h2-9,12-13H,10-11,14H2,1H3/t25-/m1/s1. The molecule has 5 rings (SSSR count). The average molecular weight is 484 g/mol. The van der Waals surface area contributed by atoms with Gasteiger partial charge in [-0.3, -0.25) is 9.59 Å². The molecule has 0 bridgehead atoms. The van der Waals surface area contributed by atoms with Gasteiger partial charge in [0.05, 0.1) is 24.9 Å². The van der Waals surface area contributed by atoms with Crippen LogP contribution in [-0.2, 0) is 16.2 Å². The Morgan fingerprint density at radius 3 is 2.56 bits per heavy atom. The van der Waals surface area contributed by atoms with E-state index in [1.54, 1.807) is 24.3 Å². The molecule has 0 aliphatic carbocycles. The summed E-state index contributed by atoms with van der Waals surface area (Å²) in [6, 6.07) is 14.2. The highest BCUT2D eigenvalue weighted by Crippen LogP contribution is 2.55. The van der Waals surface area contributed by atoms with Gasteiger partial charge >= 0.3 is 0 Å². The molecule has 2 aliphatic rings. The van der Waals surface area contributed by atoms with Crippen molar-refractivity contribution >= 4 is 29.3 Å². The lowest BCUT2D eigenvalue weighted by Crippen LogP contribution is -2.50. The van der Waals surface area contributed by atoms with E-state index in [9.17, 15) is 22.8 Å². The fourth-order valence-corrected chi connectivity index (χ4v) is 5.93. The number of halogens is 3. The maximum Gasteiger partial charge on any atom is 0.268 e. The summed E-state index contributed by atoms with van der Waals surface area (Å²) in [4.78, 5) is 28.9. The number of carbonyl (C=O) groups is 2. The molecule has 0 unspecified atom stereocenters. The first-order chi connectivity index (χ1) is 16.4.